The Kier molecular flexibility index (Phi) is 8.75. The van der Waals surface area contributed by atoms with E-state index in [-0.39, 0.29) is 18.2 Å². The molecule has 210 valence electrons. The number of ether oxygens (including phenoxy) is 2. The summed E-state index contributed by atoms with van der Waals surface area (Å²) in [6.07, 6.45) is -4.81. The van der Waals surface area contributed by atoms with Gasteiger partial charge in [-0.15, -0.1) is 13.2 Å². The van der Waals surface area contributed by atoms with E-state index in [0.717, 1.165) is 38.7 Å². The number of benzene rings is 2. The van der Waals surface area contributed by atoms with Gasteiger partial charge in [0.25, 0.3) is 5.91 Å². The number of nitrogens with zero attached hydrogens (tertiary/aromatic N) is 3. The van der Waals surface area contributed by atoms with Crippen LogP contribution in [0.25, 0.3) is 11.1 Å². The molecule has 0 bridgehead atoms. The van der Waals surface area contributed by atoms with Crippen molar-refractivity contribution in [3.05, 3.63) is 11.4 Å². The quantitative estimate of drug-likeness (QED) is 0.287. The second-order valence-electron chi connectivity index (χ2n) is 13.4. The topological polar surface area (TPSA) is 64.6 Å². The molecule has 6 nitrogen and oxygen atoms in total. The number of halogens is 3. The van der Waals surface area contributed by atoms with Crippen molar-refractivity contribution in [3.8, 4) is 22.6 Å². The fraction of sp³-hybridized carbons (Fsp3) is 0.190. The van der Waals surface area contributed by atoms with Crippen molar-refractivity contribution in [1.82, 2.24) is 14.9 Å². The van der Waals surface area contributed by atoms with Crippen LogP contribution in [0.5, 0.6) is 11.5 Å². The highest BCUT2D eigenvalue weighted by Gasteiger charge is 2.44. The van der Waals surface area contributed by atoms with Crippen LogP contribution in [-0.2, 0) is 5.34 Å². The zero-order valence-electron chi connectivity index (χ0n) is 28.4. The molecule has 0 aliphatic carbocycles. The fourth-order valence-electron chi connectivity index (χ4n) is 6.32. The van der Waals surface area contributed by atoms with Crippen molar-refractivity contribution in [2.45, 2.75) is 17.1 Å². The molecule has 0 saturated carbocycles. The summed E-state index contributed by atoms with van der Waals surface area (Å²) in [4.78, 5) is 26.2. The first-order chi connectivity index (χ1) is 20.0. The summed E-state index contributed by atoms with van der Waals surface area (Å²) in [6, 6.07) is 0. The van der Waals surface area contributed by atoms with Crippen LogP contribution in [0.2, 0.25) is 0 Å². The summed E-state index contributed by atoms with van der Waals surface area (Å²) < 4.78 is 51.1. The minimum Gasteiger partial charge on any atom is -0.503 e. The monoisotopic (exact) mass is 583 g/mol. The Morgan fingerprint density at radius 2 is 1.16 bits per heavy atom. The molecule has 2 aromatic carbocycles. The van der Waals surface area contributed by atoms with Gasteiger partial charge in [0, 0.05) is 11.9 Å². The number of hydrogen-bond acceptors (Lipinski definition) is 5. The summed E-state index contributed by atoms with van der Waals surface area (Å²) >= 11 is 0. The summed E-state index contributed by atoms with van der Waals surface area (Å²) in [6.45, 7) is 0.288. The van der Waals surface area contributed by atoms with Crippen LogP contribution < -0.4 is 64.4 Å². The Morgan fingerprint density at radius 1 is 0.705 bits per heavy atom. The third-order valence-corrected chi connectivity index (χ3v) is 9.51. The van der Waals surface area contributed by atoms with E-state index in [1.165, 1.54) is 0 Å². The molecule has 1 amide bonds. The summed E-state index contributed by atoms with van der Waals surface area (Å²) in [5, 5.41) is -1.63. The lowest BCUT2D eigenvalue weighted by atomic mass is 9.57. The van der Waals surface area contributed by atoms with E-state index in [1.54, 1.807) is 36.3 Å². The van der Waals surface area contributed by atoms with Crippen LogP contribution in [0.15, 0.2) is 0 Å². The Labute approximate surface area is 270 Å². The van der Waals surface area contributed by atoms with Gasteiger partial charge >= 0.3 is 6.36 Å². The minimum absolute atomic E-state index is 0.184. The summed E-state index contributed by atoms with van der Waals surface area (Å²) in [7, 11) is 26.4. The third kappa shape index (κ3) is 5.73. The number of aromatic nitrogens is 2. The van der Waals surface area contributed by atoms with Gasteiger partial charge in [-0.1, -0.05) is 43.7 Å². The van der Waals surface area contributed by atoms with Gasteiger partial charge in [-0.25, -0.2) is 9.97 Å². The molecule has 44 heavy (non-hydrogen) atoms. The Bertz CT molecular complexity index is 1690. The van der Waals surface area contributed by atoms with Crippen LogP contribution >= 0.6 is 0 Å². The standard InChI is InChI=1S/C21H30B14F3N3O3/c22-5-2(3-7(24)10(27)14(11(28)8(3)25)44-21(36,37)38)6(23)9(26)13-4(5)17(42)41(1-19(32,33)43-13)20(34,35)18-39-15(30)12(29)16(31)40-18/h1,22-35H2. The smallest absolute Gasteiger partial charge is 0.503 e. The molecule has 0 atom stereocenters. The van der Waals surface area contributed by atoms with Crippen molar-refractivity contribution in [3.63, 3.8) is 0 Å². The van der Waals surface area contributed by atoms with Gasteiger partial charge in [0.2, 0.25) is 0 Å². The van der Waals surface area contributed by atoms with Crippen molar-refractivity contribution in [2.24, 2.45) is 0 Å². The molecular formula is C21H30B14F3N3O3. The SMILES string of the molecule is Bc1nc(C(B)(B)N2CC(B)(B)Oc3c(B)c(B)c(-c4c(B)c(B)c(OC(F)(F)F)c(B)c4B)c(B)c3C2=O)nc(B)c1B. The van der Waals surface area contributed by atoms with Crippen molar-refractivity contribution in [2.75, 3.05) is 6.54 Å². The normalized spacial score (nSPS) is 14.9. The predicted octanol–water partition coefficient (Wildman–Crippen LogP) is -17.5. The summed E-state index contributed by atoms with van der Waals surface area (Å²) in [5.41, 5.74) is 9.33. The van der Waals surface area contributed by atoms with Gasteiger partial charge in [0.15, 0.2) is 15.7 Å². The van der Waals surface area contributed by atoms with Crippen molar-refractivity contribution in [1.29, 1.82) is 0 Å². The number of carbonyl (C=O) groups excluding carboxylic acids is 1. The van der Waals surface area contributed by atoms with Crippen molar-refractivity contribution < 1.29 is 27.4 Å². The first-order valence-corrected chi connectivity index (χ1v) is 14.8. The molecule has 1 aliphatic heterocycles. The van der Waals surface area contributed by atoms with Gasteiger partial charge in [-0.2, -0.15) is 0 Å². The Hall–Kier alpha value is -2.71. The van der Waals surface area contributed by atoms with Crippen LogP contribution in [0.1, 0.15) is 16.2 Å². The zero-order chi connectivity index (χ0) is 33.4. The van der Waals surface area contributed by atoms with E-state index in [1.807, 2.05) is 78.5 Å². The lowest BCUT2D eigenvalue weighted by molar-refractivity contribution is -0.273. The minimum atomic E-state index is -4.81. The highest BCUT2D eigenvalue weighted by atomic mass is 19.4. The molecule has 3 aromatic rings. The Morgan fingerprint density at radius 3 is 1.64 bits per heavy atom. The Balaban J connectivity index is 2.03. The number of rotatable bonds is 4. The molecule has 0 unspecified atom stereocenters. The second-order valence-corrected chi connectivity index (χ2v) is 13.4. The highest BCUT2D eigenvalue weighted by molar-refractivity contribution is 6.64. The van der Waals surface area contributed by atoms with Crippen LogP contribution in [0.4, 0.5) is 13.2 Å². The molecule has 2 heterocycles. The van der Waals surface area contributed by atoms with Crippen LogP contribution in [-0.4, -0.2) is 149 Å². The largest absolute Gasteiger partial charge is 0.573 e. The molecule has 0 radical (unpaired) electrons. The fourth-order valence-corrected chi connectivity index (χ4v) is 6.32. The molecular weight excluding hydrogens is 551 g/mol. The zero-order valence-corrected chi connectivity index (χ0v) is 28.4. The summed E-state index contributed by atoms with van der Waals surface area (Å²) in [5.74, 6) is 0.675. The molecule has 0 N–H and O–H groups in total. The highest BCUT2D eigenvalue weighted by Crippen LogP contribution is 2.31. The molecule has 1 aromatic heterocycles. The van der Waals surface area contributed by atoms with Gasteiger partial charge in [-0.3, -0.25) is 4.79 Å². The maximum absolute atomic E-state index is 14.8. The maximum Gasteiger partial charge on any atom is 0.573 e. The number of amides is 1. The first-order valence-electron chi connectivity index (χ1n) is 14.8. The van der Waals surface area contributed by atoms with E-state index in [0.29, 0.717) is 44.5 Å². The molecule has 0 fully saturated rings. The van der Waals surface area contributed by atoms with E-state index in [9.17, 15) is 18.0 Å². The first kappa shape index (κ1) is 34.2. The number of carbonyl (C=O) groups is 1. The average molecular weight is 581 g/mol. The molecule has 1 aliphatic rings. The predicted molar refractivity (Wildman–Crippen MR) is 213 cm³/mol. The second kappa shape index (κ2) is 11.3. The van der Waals surface area contributed by atoms with E-state index < -0.39 is 17.1 Å². The van der Waals surface area contributed by atoms with E-state index >= 15 is 0 Å². The van der Waals surface area contributed by atoms with Gasteiger partial charge < -0.3 is 14.4 Å². The lowest BCUT2D eigenvalue weighted by Crippen LogP contribution is -2.59. The van der Waals surface area contributed by atoms with Crippen molar-refractivity contribution >= 4 is 171 Å². The van der Waals surface area contributed by atoms with E-state index in [2.05, 4.69) is 4.74 Å². The lowest BCUT2D eigenvalue weighted by Gasteiger charge is -2.41. The molecule has 0 saturated heterocycles. The van der Waals surface area contributed by atoms with Gasteiger partial charge in [0.1, 0.15) is 111 Å². The third-order valence-electron chi connectivity index (χ3n) is 9.51. The average Bonchev–Trinajstić information content (AvgIpc) is 3.01. The maximum atomic E-state index is 14.8. The molecule has 4 rings (SSSR count). The number of alkyl halides is 3. The van der Waals surface area contributed by atoms with Gasteiger partial charge in [0.05, 0.1) is 11.0 Å². The van der Waals surface area contributed by atoms with Crippen LogP contribution in [0, 0.1) is 0 Å². The van der Waals surface area contributed by atoms with Gasteiger partial charge in [-0.05, 0) is 22.3 Å². The van der Waals surface area contributed by atoms with Crippen LogP contribution in [0.3, 0.4) is 0 Å². The molecule has 23 heteroatoms. The number of hydrogen-bond donors (Lipinski definition) is 0. The number of fused-ring (bicyclic) bond motifs is 1. The van der Waals surface area contributed by atoms with E-state index in [4.69, 9.17) is 14.7 Å². The molecule has 0 spiro atoms.